The number of hydrogen-bond donors (Lipinski definition) is 1. The van der Waals surface area contributed by atoms with Crippen LogP contribution in [0.2, 0.25) is 0 Å². The predicted molar refractivity (Wildman–Crippen MR) is 87.1 cm³/mol. The number of aryl methyl sites for hydroxylation is 1. The van der Waals surface area contributed by atoms with Crippen molar-refractivity contribution >= 4 is 16.7 Å². The Bertz CT molecular complexity index is 809. The molecule has 0 unspecified atom stereocenters. The summed E-state index contributed by atoms with van der Waals surface area (Å²) in [5.41, 5.74) is 9.11. The molecule has 0 saturated carbocycles. The Balaban J connectivity index is 2.19. The highest BCUT2D eigenvalue weighted by Gasteiger charge is 2.22. The average molecular weight is 280 g/mol. The van der Waals surface area contributed by atoms with Gasteiger partial charge < -0.3 is 10.3 Å². The van der Waals surface area contributed by atoms with Crippen molar-refractivity contribution in [3.05, 3.63) is 42.4 Å². The number of nitrogens with zero attached hydrogens (tertiary/aromatic N) is 3. The van der Waals surface area contributed by atoms with Gasteiger partial charge in [0.15, 0.2) is 0 Å². The Morgan fingerprint density at radius 1 is 1.14 bits per heavy atom. The quantitative estimate of drug-likeness (QED) is 0.738. The molecule has 4 heteroatoms. The first-order valence-electron chi connectivity index (χ1n) is 7.08. The van der Waals surface area contributed by atoms with E-state index in [-0.39, 0.29) is 5.54 Å². The monoisotopic (exact) mass is 280 g/mol. The molecule has 2 heterocycles. The number of fused-ring (bicyclic) bond motifs is 1. The van der Waals surface area contributed by atoms with Crippen molar-refractivity contribution in [1.29, 1.82) is 0 Å². The first-order chi connectivity index (χ1) is 9.88. The molecule has 3 rings (SSSR count). The molecule has 1 aromatic carbocycles. The van der Waals surface area contributed by atoms with Crippen LogP contribution in [0.4, 0.5) is 5.82 Å². The van der Waals surface area contributed by atoms with Crippen LogP contribution in [0.5, 0.6) is 0 Å². The van der Waals surface area contributed by atoms with E-state index in [1.165, 1.54) is 0 Å². The van der Waals surface area contributed by atoms with Gasteiger partial charge in [0, 0.05) is 22.7 Å². The number of imidazole rings is 1. The number of hydrogen-bond acceptors (Lipinski definition) is 3. The number of benzene rings is 1. The summed E-state index contributed by atoms with van der Waals surface area (Å²) in [7, 11) is 0. The third-order valence-corrected chi connectivity index (χ3v) is 3.63. The largest absolute Gasteiger partial charge is 0.383 e. The van der Waals surface area contributed by atoms with Crippen LogP contribution in [0.3, 0.4) is 0 Å². The number of pyridine rings is 1. The van der Waals surface area contributed by atoms with Crippen molar-refractivity contribution in [3.8, 4) is 11.3 Å². The lowest BCUT2D eigenvalue weighted by molar-refractivity contribution is 0.393. The van der Waals surface area contributed by atoms with Gasteiger partial charge in [-0.05, 0) is 45.9 Å². The maximum Gasteiger partial charge on any atom is 0.132 e. The van der Waals surface area contributed by atoms with Crippen LogP contribution in [0.15, 0.2) is 36.5 Å². The van der Waals surface area contributed by atoms with E-state index in [1.54, 1.807) is 6.20 Å². The van der Waals surface area contributed by atoms with Gasteiger partial charge in [-0.2, -0.15) is 0 Å². The molecule has 0 atom stereocenters. The first kappa shape index (κ1) is 13.6. The van der Waals surface area contributed by atoms with E-state index in [4.69, 9.17) is 5.73 Å². The molecule has 3 aromatic rings. The van der Waals surface area contributed by atoms with Gasteiger partial charge in [-0.1, -0.05) is 12.1 Å². The summed E-state index contributed by atoms with van der Waals surface area (Å²) in [4.78, 5) is 9.01. The molecule has 0 spiro atoms. The molecule has 108 valence electrons. The molecule has 0 radical (unpaired) electrons. The molecule has 21 heavy (non-hydrogen) atoms. The van der Waals surface area contributed by atoms with E-state index in [1.807, 2.05) is 25.1 Å². The number of nitrogens with two attached hydrogens (primary N) is 1. The van der Waals surface area contributed by atoms with Crippen molar-refractivity contribution in [2.45, 2.75) is 33.2 Å². The summed E-state index contributed by atoms with van der Waals surface area (Å²) in [5.74, 6) is 1.64. The minimum Gasteiger partial charge on any atom is -0.383 e. The molecule has 4 nitrogen and oxygen atoms in total. The van der Waals surface area contributed by atoms with Gasteiger partial charge in [-0.15, -0.1) is 0 Å². The minimum atomic E-state index is -0.0855. The molecule has 2 N–H and O–H groups in total. The van der Waals surface area contributed by atoms with Crippen molar-refractivity contribution in [2.75, 3.05) is 5.73 Å². The Kier molecular flexibility index (Phi) is 2.97. The average Bonchev–Trinajstić information content (AvgIpc) is 2.73. The van der Waals surface area contributed by atoms with Gasteiger partial charge in [0.1, 0.15) is 17.3 Å². The zero-order valence-electron chi connectivity index (χ0n) is 12.9. The standard InChI is InChI=1S/C17H20N4/c1-11-20-15(16(18)21(11)17(2,3)4)13-7-8-14-12(10-13)6-5-9-19-14/h5-10H,18H2,1-4H3. The van der Waals surface area contributed by atoms with Gasteiger partial charge in [0.05, 0.1) is 5.52 Å². The summed E-state index contributed by atoms with van der Waals surface area (Å²) in [6.45, 7) is 8.39. The fourth-order valence-corrected chi connectivity index (χ4v) is 2.83. The molecule has 0 amide bonds. The van der Waals surface area contributed by atoms with Crippen LogP contribution >= 0.6 is 0 Å². The second kappa shape index (κ2) is 4.58. The van der Waals surface area contributed by atoms with Gasteiger partial charge in [0.25, 0.3) is 0 Å². The SMILES string of the molecule is Cc1nc(-c2ccc3ncccc3c2)c(N)n1C(C)(C)C. The van der Waals surface area contributed by atoms with Crippen LogP contribution in [-0.4, -0.2) is 14.5 Å². The van der Waals surface area contributed by atoms with Crippen molar-refractivity contribution < 1.29 is 0 Å². The highest BCUT2D eigenvalue weighted by atomic mass is 15.2. The highest BCUT2D eigenvalue weighted by molar-refractivity contribution is 5.85. The molecule has 0 fully saturated rings. The van der Waals surface area contributed by atoms with Crippen LogP contribution < -0.4 is 5.73 Å². The fourth-order valence-electron chi connectivity index (χ4n) is 2.83. The van der Waals surface area contributed by atoms with E-state index in [0.717, 1.165) is 28.0 Å². The Morgan fingerprint density at radius 3 is 2.57 bits per heavy atom. The van der Waals surface area contributed by atoms with E-state index >= 15 is 0 Å². The van der Waals surface area contributed by atoms with Gasteiger partial charge in [-0.25, -0.2) is 4.98 Å². The summed E-state index contributed by atoms with van der Waals surface area (Å²) in [6, 6.07) is 10.1. The van der Waals surface area contributed by atoms with E-state index in [9.17, 15) is 0 Å². The second-order valence-electron chi connectivity index (χ2n) is 6.31. The van der Waals surface area contributed by atoms with Gasteiger partial charge in [0.2, 0.25) is 0 Å². The zero-order valence-corrected chi connectivity index (χ0v) is 12.9. The van der Waals surface area contributed by atoms with Crippen LogP contribution in [-0.2, 0) is 5.54 Å². The maximum atomic E-state index is 6.35. The molecular weight excluding hydrogens is 260 g/mol. The van der Waals surface area contributed by atoms with Gasteiger partial charge >= 0.3 is 0 Å². The van der Waals surface area contributed by atoms with E-state index in [0.29, 0.717) is 5.82 Å². The number of nitrogen functional groups attached to an aromatic ring is 1. The number of rotatable bonds is 1. The molecule has 0 bridgehead atoms. The molecule has 0 aliphatic rings. The van der Waals surface area contributed by atoms with E-state index in [2.05, 4.69) is 47.4 Å². The number of anilines is 1. The van der Waals surface area contributed by atoms with Crippen molar-refractivity contribution in [3.63, 3.8) is 0 Å². The van der Waals surface area contributed by atoms with Crippen LogP contribution in [0.25, 0.3) is 22.2 Å². The second-order valence-corrected chi connectivity index (χ2v) is 6.31. The molecule has 0 aliphatic heterocycles. The normalized spacial score (nSPS) is 12.0. The van der Waals surface area contributed by atoms with E-state index < -0.39 is 0 Å². The Labute approximate surface area is 124 Å². The highest BCUT2D eigenvalue weighted by Crippen LogP contribution is 2.32. The van der Waals surface area contributed by atoms with Crippen molar-refractivity contribution in [2.24, 2.45) is 0 Å². The third kappa shape index (κ3) is 2.27. The number of aromatic nitrogens is 3. The lowest BCUT2D eigenvalue weighted by Gasteiger charge is -2.24. The zero-order chi connectivity index (χ0) is 15.2. The van der Waals surface area contributed by atoms with Crippen molar-refractivity contribution in [1.82, 2.24) is 14.5 Å². The first-order valence-corrected chi connectivity index (χ1v) is 7.08. The Morgan fingerprint density at radius 2 is 1.90 bits per heavy atom. The Hall–Kier alpha value is -2.36. The summed E-state index contributed by atoms with van der Waals surface area (Å²) in [5, 5.41) is 1.09. The molecule has 0 aliphatic carbocycles. The third-order valence-electron chi connectivity index (χ3n) is 3.63. The molecular formula is C17H20N4. The maximum absolute atomic E-state index is 6.35. The topological polar surface area (TPSA) is 56.7 Å². The summed E-state index contributed by atoms with van der Waals surface area (Å²) >= 11 is 0. The van der Waals surface area contributed by atoms with Crippen LogP contribution in [0.1, 0.15) is 26.6 Å². The summed E-state index contributed by atoms with van der Waals surface area (Å²) in [6.07, 6.45) is 1.80. The predicted octanol–water partition coefficient (Wildman–Crippen LogP) is 3.74. The van der Waals surface area contributed by atoms with Gasteiger partial charge in [-0.3, -0.25) is 4.98 Å². The fraction of sp³-hybridized carbons (Fsp3) is 0.294. The lowest BCUT2D eigenvalue weighted by atomic mass is 10.1. The summed E-state index contributed by atoms with van der Waals surface area (Å²) < 4.78 is 2.08. The van der Waals surface area contributed by atoms with Crippen LogP contribution in [0, 0.1) is 6.92 Å². The minimum absolute atomic E-state index is 0.0855. The molecule has 2 aromatic heterocycles. The smallest absolute Gasteiger partial charge is 0.132 e. The molecule has 0 saturated heterocycles. The lowest BCUT2D eigenvalue weighted by Crippen LogP contribution is -2.24.